The summed E-state index contributed by atoms with van der Waals surface area (Å²) in [5, 5.41) is 20.0. The summed E-state index contributed by atoms with van der Waals surface area (Å²) in [6, 6.07) is 0. The molecule has 0 bridgehead atoms. The molecule has 0 spiro atoms. The van der Waals surface area contributed by atoms with E-state index >= 15 is 0 Å². The molecule has 0 aromatic rings. The zero-order valence-corrected chi connectivity index (χ0v) is 11.8. The Bertz CT molecular complexity index is 337. The van der Waals surface area contributed by atoms with Gasteiger partial charge in [-0.3, -0.25) is 0 Å². The number of aliphatic hydroxyl groups excluding tert-OH is 2. The third-order valence-electron chi connectivity index (χ3n) is 4.65. The minimum atomic E-state index is -0.492. The molecule has 0 aromatic carbocycles. The van der Waals surface area contributed by atoms with Crippen LogP contribution in [0.1, 0.15) is 52.9 Å². The Labute approximate surface area is 110 Å². The van der Waals surface area contributed by atoms with E-state index in [9.17, 15) is 10.2 Å². The van der Waals surface area contributed by atoms with Crippen LogP contribution < -0.4 is 0 Å². The molecule has 2 aliphatic rings. The topological polar surface area (TPSA) is 49.7 Å². The van der Waals surface area contributed by atoms with Crippen molar-refractivity contribution in [1.82, 2.24) is 0 Å². The lowest BCUT2D eigenvalue weighted by Crippen LogP contribution is -2.52. The lowest BCUT2D eigenvalue weighted by molar-refractivity contribution is -0.221. The van der Waals surface area contributed by atoms with Crippen molar-refractivity contribution in [2.45, 2.75) is 76.3 Å². The predicted molar refractivity (Wildman–Crippen MR) is 71.3 cm³/mol. The van der Waals surface area contributed by atoms with E-state index in [0.29, 0.717) is 0 Å². The van der Waals surface area contributed by atoms with Crippen molar-refractivity contribution in [2.75, 3.05) is 0 Å². The van der Waals surface area contributed by atoms with E-state index in [-0.39, 0.29) is 17.6 Å². The van der Waals surface area contributed by atoms with Crippen molar-refractivity contribution in [1.29, 1.82) is 0 Å². The van der Waals surface area contributed by atoms with Crippen LogP contribution in [-0.4, -0.2) is 33.6 Å². The summed E-state index contributed by atoms with van der Waals surface area (Å²) >= 11 is 0. The van der Waals surface area contributed by atoms with Crippen molar-refractivity contribution in [3.8, 4) is 0 Å². The highest BCUT2D eigenvalue weighted by atomic mass is 16.5. The average Bonchev–Trinajstić information content (AvgIpc) is 2.55. The van der Waals surface area contributed by atoms with Crippen molar-refractivity contribution in [2.24, 2.45) is 5.92 Å². The van der Waals surface area contributed by atoms with Gasteiger partial charge in [0.05, 0.1) is 23.4 Å². The maximum absolute atomic E-state index is 10.1. The number of ether oxygens (including phenoxy) is 1. The van der Waals surface area contributed by atoms with Gasteiger partial charge in [-0.25, -0.2) is 0 Å². The maximum atomic E-state index is 10.1. The molecule has 0 aromatic heterocycles. The molecule has 0 radical (unpaired) electrons. The van der Waals surface area contributed by atoms with Gasteiger partial charge in [-0.2, -0.15) is 0 Å². The first-order chi connectivity index (χ1) is 8.23. The summed E-state index contributed by atoms with van der Waals surface area (Å²) in [6.07, 6.45) is 3.63. The second-order valence-electron chi connectivity index (χ2n) is 6.82. The highest BCUT2D eigenvalue weighted by molar-refractivity contribution is 5.11. The van der Waals surface area contributed by atoms with Crippen LogP contribution in [0.15, 0.2) is 12.2 Å². The third-order valence-corrected chi connectivity index (χ3v) is 4.65. The highest BCUT2D eigenvalue weighted by Gasteiger charge is 2.45. The van der Waals surface area contributed by atoms with E-state index in [1.807, 2.05) is 13.8 Å². The van der Waals surface area contributed by atoms with Gasteiger partial charge in [-0.05, 0) is 64.4 Å². The number of rotatable bonds is 2. The van der Waals surface area contributed by atoms with Gasteiger partial charge in [0.1, 0.15) is 0 Å². The molecule has 1 heterocycles. The normalized spacial score (nSPS) is 44.3. The van der Waals surface area contributed by atoms with Crippen LogP contribution >= 0.6 is 0 Å². The lowest BCUT2D eigenvalue weighted by Gasteiger charge is -2.47. The van der Waals surface area contributed by atoms with Crippen molar-refractivity contribution in [3.63, 3.8) is 0 Å². The molecule has 0 amide bonds. The lowest BCUT2D eigenvalue weighted by atomic mass is 9.80. The number of hydrogen-bond acceptors (Lipinski definition) is 3. The van der Waals surface area contributed by atoms with Gasteiger partial charge in [0, 0.05) is 0 Å². The van der Waals surface area contributed by atoms with Crippen LogP contribution in [-0.2, 0) is 4.74 Å². The SMILES string of the molecule is C=C1CCC(CC2(C)CCC(O)C(C)(C)O2)C1O. The monoisotopic (exact) mass is 254 g/mol. The average molecular weight is 254 g/mol. The number of aliphatic hydroxyl groups is 2. The van der Waals surface area contributed by atoms with Crippen LogP contribution in [0, 0.1) is 5.92 Å². The molecular weight excluding hydrogens is 228 g/mol. The van der Waals surface area contributed by atoms with Gasteiger partial charge < -0.3 is 14.9 Å². The van der Waals surface area contributed by atoms with E-state index in [4.69, 9.17) is 4.74 Å². The molecule has 1 saturated carbocycles. The minimum absolute atomic E-state index is 0.237. The standard InChI is InChI=1S/C15H26O3/c1-10-5-6-11(13(10)17)9-15(4)8-7-12(16)14(2,3)18-15/h11-13,16-17H,1,5-9H2,2-4H3. The van der Waals surface area contributed by atoms with Crippen molar-refractivity contribution in [3.05, 3.63) is 12.2 Å². The molecule has 104 valence electrons. The Balaban J connectivity index is 2.02. The van der Waals surface area contributed by atoms with Gasteiger partial charge in [-0.15, -0.1) is 0 Å². The second-order valence-corrected chi connectivity index (χ2v) is 6.82. The number of hydrogen-bond donors (Lipinski definition) is 2. The summed E-state index contributed by atoms with van der Waals surface area (Å²) in [4.78, 5) is 0. The molecule has 1 aliphatic heterocycles. The fourth-order valence-corrected chi connectivity index (χ4v) is 3.47. The van der Waals surface area contributed by atoms with Gasteiger partial charge >= 0.3 is 0 Å². The quantitative estimate of drug-likeness (QED) is 0.744. The van der Waals surface area contributed by atoms with Crippen LogP contribution in [0.5, 0.6) is 0 Å². The smallest absolute Gasteiger partial charge is 0.0891 e. The summed E-state index contributed by atoms with van der Waals surface area (Å²) in [5.41, 5.74) is 0.228. The van der Waals surface area contributed by atoms with Gasteiger partial charge in [-0.1, -0.05) is 6.58 Å². The van der Waals surface area contributed by atoms with Crippen LogP contribution in [0.25, 0.3) is 0 Å². The Kier molecular flexibility index (Phi) is 3.60. The van der Waals surface area contributed by atoms with E-state index in [2.05, 4.69) is 13.5 Å². The van der Waals surface area contributed by atoms with E-state index in [0.717, 1.165) is 37.7 Å². The Hall–Kier alpha value is -0.380. The van der Waals surface area contributed by atoms with Crippen molar-refractivity contribution >= 4 is 0 Å². The molecular formula is C15H26O3. The highest BCUT2D eigenvalue weighted by Crippen LogP contribution is 2.43. The van der Waals surface area contributed by atoms with Gasteiger partial charge in [0.2, 0.25) is 0 Å². The fourth-order valence-electron chi connectivity index (χ4n) is 3.47. The largest absolute Gasteiger partial charge is 0.390 e. The molecule has 3 heteroatoms. The van der Waals surface area contributed by atoms with Gasteiger partial charge in [0.25, 0.3) is 0 Å². The summed E-state index contributed by atoms with van der Waals surface area (Å²) < 4.78 is 6.13. The molecule has 4 unspecified atom stereocenters. The maximum Gasteiger partial charge on any atom is 0.0891 e. The zero-order chi connectivity index (χ0) is 13.6. The third kappa shape index (κ3) is 2.63. The first-order valence-corrected chi connectivity index (χ1v) is 6.97. The molecule has 3 nitrogen and oxygen atoms in total. The molecule has 2 rings (SSSR count). The first kappa shape index (κ1) is 14.0. The van der Waals surface area contributed by atoms with Crippen LogP contribution in [0.2, 0.25) is 0 Å². The molecule has 18 heavy (non-hydrogen) atoms. The summed E-state index contributed by atoms with van der Waals surface area (Å²) in [5.74, 6) is 0.258. The zero-order valence-electron chi connectivity index (χ0n) is 11.8. The summed E-state index contributed by atoms with van der Waals surface area (Å²) in [7, 11) is 0. The predicted octanol–water partition coefficient (Wildman–Crippen LogP) is 2.41. The minimum Gasteiger partial charge on any atom is -0.390 e. The van der Waals surface area contributed by atoms with Gasteiger partial charge in [0.15, 0.2) is 0 Å². The molecule has 1 aliphatic carbocycles. The molecule has 4 atom stereocenters. The second kappa shape index (κ2) is 4.62. The fraction of sp³-hybridized carbons (Fsp3) is 0.867. The Morgan fingerprint density at radius 3 is 2.44 bits per heavy atom. The Morgan fingerprint density at radius 1 is 1.28 bits per heavy atom. The van der Waals surface area contributed by atoms with Crippen molar-refractivity contribution < 1.29 is 14.9 Å². The molecule has 2 fully saturated rings. The Morgan fingerprint density at radius 2 is 1.94 bits per heavy atom. The van der Waals surface area contributed by atoms with Crippen LogP contribution in [0.4, 0.5) is 0 Å². The van der Waals surface area contributed by atoms with E-state index < -0.39 is 11.7 Å². The first-order valence-electron chi connectivity index (χ1n) is 6.97. The van der Waals surface area contributed by atoms with E-state index in [1.165, 1.54) is 0 Å². The van der Waals surface area contributed by atoms with E-state index in [1.54, 1.807) is 0 Å². The summed E-state index contributed by atoms with van der Waals surface area (Å²) in [6.45, 7) is 9.90. The molecule has 2 N–H and O–H groups in total. The van der Waals surface area contributed by atoms with Crippen LogP contribution in [0.3, 0.4) is 0 Å². The molecule has 1 saturated heterocycles.